The monoisotopic (exact) mass is 431 g/mol. The van der Waals surface area contributed by atoms with Gasteiger partial charge in [-0.05, 0) is 37.1 Å². The number of aromatic nitrogens is 3. The lowest BCUT2D eigenvalue weighted by Gasteiger charge is -2.14. The van der Waals surface area contributed by atoms with Crippen molar-refractivity contribution in [2.45, 2.75) is 50.4 Å². The van der Waals surface area contributed by atoms with Gasteiger partial charge in [-0.1, -0.05) is 11.8 Å². The number of benzene rings is 1. The third kappa shape index (κ3) is 6.14. The molecule has 1 aromatic heterocycles. The van der Waals surface area contributed by atoms with E-state index in [0.29, 0.717) is 35.2 Å². The lowest BCUT2D eigenvalue weighted by molar-refractivity contribution is -0.118. The summed E-state index contributed by atoms with van der Waals surface area (Å²) in [5.41, 5.74) is 6.46. The number of nitrogens with one attached hydrogen (secondary N) is 1. The van der Waals surface area contributed by atoms with E-state index in [1.165, 1.54) is 18.7 Å². The third-order valence-electron chi connectivity index (χ3n) is 4.66. The molecule has 1 saturated heterocycles. The molecule has 1 aliphatic heterocycles. The number of carbonyl (C=O) groups excluding carboxylic acids is 3. The van der Waals surface area contributed by atoms with Gasteiger partial charge < -0.3 is 20.4 Å². The maximum absolute atomic E-state index is 12.6. The van der Waals surface area contributed by atoms with Crippen LogP contribution in [0.3, 0.4) is 0 Å². The summed E-state index contributed by atoms with van der Waals surface area (Å²) in [6.45, 7) is 2.75. The predicted molar refractivity (Wildman–Crippen MR) is 112 cm³/mol. The van der Waals surface area contributed by atoms with Gasteiger partial charge in [-0.3, -0.25) is 14.4 Å². The van der Waals surface area contributed by atoms with E-state index in [1.54, 1.807) is 24.3 Å². The molecule has 0 aliphatic carbocycles. The van der Waals surface area contributed by atoms with Crippen LogP contribution in [0, 0.1) is 0 Å². The number of anilines is 1. The van der Waals surface area contributed by atoms with Crippen LogP contribution >= 0.6 is 11.8 Å². The van der Waals surface area contributed by atoms with E-state index in [1.807, 2.05) is 4.57 Å². The summed E-state index contributed by atoms with van der Waals surface area (Å²) in [4.78, 5) is 34.8. The number of ketones is 1. The molecule has 30 heavy (non-hydrogen) atoms. The number of ether oxygens (including phenoxy) is 1. The molecule has 0 bridgehead atoms. The zero-order chi connectivity index (χ0) is 21.5. The molecule has 10 heteroatoms. The van der Waals surface area contributed by atoms with Crippen molar-refractivity contribution in [3.8, 4) is 0 Å². The van der Waals surface area contributed by atoms with Crippen LogP contribution < -0.4 is 11.1 Å². The summed E-state index contributed by atoms with van der Waals surface area (Å²) in [6, 6.07) is 6.76. The minimum atomic E-state index is -0.395. The van der Waals surface area contributed by atoms with Gasteiger partial charge in [0.25, 0.3) is 0 Å². The Hall–Kier alpha value is -2.72. The lowest BCUT2D eigenvalue weighted by atomic mass is 10.1. The van der Waals surface area contributed by atoms with E-state index < -0.39 is 5.91 Å². The normalized spacial score (nSPS) is 15.8. The Morgan fingerprint density at radius 1 is 1.27 bits per heavy atom. The fourth-order valence-corrected chi connectivity index (χ4v) is 4.04. The molecule has 160 valence electrons. The zero-order valence-corrected chi connectivity index (χ0v) is 17.6. The van der Waals surface area contributed by atoms with Crippen molar-refractivity contribution in [1.29, 1.82) is 0 Å². The first kappa shape index (κ1) is 22.0. The smallest absolute Gasteiger partial charge is 0.221 e. The summed E-state index contributed by atoms with van der Waals surface area (Å²) < 4.78 is 7.65. The van der Waals surface area contributed by atoms with Gasteiger partial charge >= 0.3 is 0 Å². The second kappa shape index (κ2) is 10.4. The Morgan fingerprint density at radius 2 is 2.03 bits per heavy atom. The van der Waals surface area contributed by atoms with E-state index in [9.17, 15) is 14.4 Å². The minimum Gasteiger partial charge on any atom is -0.376 e. The number of nitrogens with two attached hydrogens (primary N) is 1. The van der Waals surface area contributed by atoms with E-state index in [2.05, 4.69) is 15.5 Å². The predicted octanol–water partition coefficient (Wildman–Crippen LogP) is 1.81. The number of hydrogen-bond acceptors (Lipinski definition) is 7. The molecule has 1 fully saturated rings. The Morgan fingerprint density at radius 3 is 2.67 bits per heavy atom. The number of rotatable bonds is 10. The van der Waals surface area contributed by atoms with Crippen LogP contribution in [-0.2, 0) is 27.3 Å². The molecule has 1 atom stereocenters. The van der Waals surface area contributed by atoms with Crippen molar-refractivity contribution in [2.24, 2.45) is 5.73 Å². The number of aryl methyl sites for hydroxylation is 1. The molecule has 0 spiro atoms. The molecule has 3 N–H and O–H groups in total. The highest BCUT2D eigenvalue weighted by Crippen LogP contribution is 2.23. The molecule has 9 nitrogen and oxygen atoms in total. The van der Waals surface area contributed by atoms with Gasteiger partial charge in [-0.15, -0.1) is 10.2 Å². The zero-order valence-electron chi connectivity index (χ0n) is 16.8. The first-order chi connectivity index (χ1) is 14.4. The van der Waals surface area contributed by atoms with Crippen LogP contribution in [0.1, 0.15) is 42.4 Å². The van der Waals surface area contributed by atoms with Crippen molar-refractivity contribution < 1.29 is 19.1 Å². The molecule has 2 amide bonds. The highest BCUT2D eigenvalue weighted by molar-refractivity contribution is 7.99. The number of thioether (sulfide) groups is 1. The Labute approximate surface area is 178 Å². The van der Waals surface area contributed by atoms with E-state index >= 15 is 0 Å². The molecule has 1 unspecified atom stereocenters. The third-order valence-corrected chi connectivity index (χ3v) is 5.63. The molecular formula is C20H25N5O4S. The molecule has 0 saturated carbocycles. The highest BCUT2D eigenvalue weighted by atomic mass is 32.2. The Balaban J connectivity index is 1.66. The maximum atomic E-state index is 12.6. The number of primary amides is 1. The van der Waals surface area contributed by atoms with Gasteiger partial charge in [0.1, 0.15) is 5.82 Å². The van der Waals surface area contributed by atoms with Crippen LogP contribution in [0.4, 0.5) is 5.69 Å². The second-order valence-corrected chi connectivity index (χ2v) is 8.02. The number of hydrogen-bond donors (Lipinski definition) is 2. The molecule has 0 radical (unpaired) electrons. The maximum Gasteiger partial charge on any atom is 0.221 e. The van der Waals surface area contributed by atoms with Crippen LogP contribution in [0.2, 0.25) is 0 Å². The van der Waals surface area contributed by atoms with Crippen LogP contribution in [0.15, 0.2) is 29.4 Å². The first-order valence-electron chi connectivity index (χ1n) is 9.78. The molecule has 3 rings (SSSR count). The van der Waals surface area contributed by atoms with Crippen molar-refractivity contribution in [3.05, 3.63) is 35.7 Å². The SMILES string of the molecule is CC(=O)Nc1ccc(C(=O)CSc2nnc(CCC(N)=O)n2CC2CCCO2)cc1. The minimum absolute atomic E-state index is 0.0558. The van der Waals surface area contributed by atoms with Gasteiger partial charge in [0.15, 0.2) is 10.9 Å². The van der Waals surface area contributed by atoms with Crippen LogP contribution in [0.25, 0.3) is 0 Å². The van der Waals surface area contributed by atoms with Crippen molar-refractivity contribution in [1.82, 2.24) is 14.8 Å². The van der Waals surface area contributed by atoms with Crippen LogP contribution in [0.5, 0.6) is 0 Å². The number of amides is 2. The van der Waals surface area contributed by atoms with Gasteiger partial charge in [-0.2, -0.15) is 0 Å². The lowest BCUT2D eigenvalue weighted by Crippen LogP contribution is -2.19. The fraction of sp³-hybridized carbons (Fsp3) is 0.450. The summed E-state index contributed by atoms with van der Waals surface area (Å²) in [6.07, 6.45) is 2.63. The first-order valence-corrected chi connectivity index (χ1v) is 10.8. The fourth-order valence-electron chi connectivity index (χ4n) is 3.18. The molecule has 2 aromatic rings. The summed E-state index contributed by atoms with van der Waals surface area (Å²) in [7, 11) is 0. The average molecular weight is 432 g/mol. The Bertz CT molecular complexity index is 906. The van der Waals surface area contributed by atoms with Gasteiger partial charge in [0.2, 0.25) is 11.8 Å². The summed E-state index contributed by atoms with van der Waals surface area (Å²) in [5.74, 6) is 0.244. The number of Topliss-reactive ketones (excluding diaryl/α,β-unsaturated/α-hetero) is 1. The highest BCUT2D eigenvalue weighted by Gasteiger charge is 2.22. The van der Waals surface area contributed by atoms with Crippen LogP contribution in [-0.4, -0.2) is 50.8 Å². The second-order valence-electron chi connectivity index (χ2n) is 7.08. The quantitative estimate of drug-likeness (QED) is 0.433. The largest absolute Gasteiger partial charge is 0.376 e. The molecule has 1 aliphatic rings. The Kier molecular flexibility index (Phi) is 7.58. The van der Waals surface area contributed by atoms with E-state index in [0.717, 1.165) is 19.4 Å². The van der Waals surface area contributed by atoms with Gasteiger partial charge in [-0.25, -0.2) is 0 Å². The summed E-state index contributed by atoms with van der Waals surface area (Å²) >= 11 is 1.30. The van der Waals surface area contributed by atoms with E-state index in [4.69, 9.17) is 10.5 Å². The number of carbonyl (C=O) groups is 3. The molecule has 2 heterocycles. The average Bonchev–Trinajstić information content (AvgIpc) is 3.35. The molecule has 1 aromatic carbocycles. The van der Waals surface area contributed by atoms with Gasteiger partial charge in [0.05, 0.1) is 18.4 Å². The number of nitrogens with zero attached hydrogens (tertiary/aromatic N) is 3. The molecular weight excluding hydrogens is 406 g/mol. The van der Waals surface area contributed by atoms with Crippen molar-refractivity contribution >= 4 is 35.0 Å². The summed E-state index contributed by atoms with van der Waals surface area (Å²) in [5, 5.41) is 11.7. The van der Waals surface area contributed by atoms with E-state index in [-0.39, 0.29) is 30.0 Å². The van der Waals surface area contributed by atoms with Crippen molar-refractivity contribution in [3.63, 3.8) is 0 Å². The topological polar surface area (TPSA) is 129 Å². The standard InChI is InChI=1S/C20H25N5O4S/c1-13(26)22-15-6-4-14(5-7-15)17(27)12-30-20-24-23-19(9-8-18(21)28)25(20)11-16-3-2-10-29-16/h4-7,16H,2-3,8-12H2,1H3,(H2,21,28)(H,22,26). The van der Waals surface area contributed by atoms with Gasteiger partial charge in [0, 0.05) is 37.6 Å². The van der Waals surface area contributed by atoms with Crippen molar-refractivity contribution in [2.75, 3.05) is 17.7 Å².